The molecule has 0 fully saturated rings. The maximum Gasteiger partial charge on any atom is 0.311 e. The summed E-state index contributed by atoms with van der Waals surface area (Å²) in [7, 11) is 1.39. The van der Waals surface area contributed by atoms with E-state index in [0.717, 1.165) is 12.0 Å². The van der Waals surface area contributed by atoms with E-state index in [1.165, 1.54) is 7.11 Å². The molecule has 0 bridgehead atoms. The first-order valence-corrected chi connectivity index (χ1v) is 8.30. The van der Waals surface area contributed by atoms with Crippen LogP contribution in [0.3, 0.4) is 0 Å². The van der Waals surface area contributed by atoms with E-state index in [1.807, 2.05) is 26.0 Å². The van der Waals surface area contributed by atoms with Gasteiger partial charge >= 0.3 is 17.9 Å². The van der Waals surface area contributed by atoms with E-state index in [9.17, 15) is 14.4 Å². The van der Waals surface area contributed by atoms with Gasteiger partial charge in [-0.05, 0) is 50.3 Å². The number of benzene rings is 1. The molecule has 1 aromatic rings. The van der Waals surface area contributed by atoms with Crippen LogP contribution in [0.15, 0.2) is 24.3 Å². The first kappa shape index (κ1) is 20.7. The van der Waals surface area contributed by atoms with Crippen LogP contribution in [0, 0.1) is 5.41 Å². The largest absolute Gasteiger partial charge is 0.481 e. The van der Waals surface area contributed by atoms with Crippen LogP contribution in [0.2, 0.25) is 0 Å². The van der Waals surface area contributed by atoms with Crippen LogP contribution in [0.5, 0.6) is 5.75 Å². The number of ether oxygens (including phenoxy) is 2. The van der Waals surface area contributed by atoms with E-state index >= 15 is 0 Å². The predicted octanol–water partition coefficient (Wildman–Crippen LogP) is 3.54. The Morgan fingerprint density at radius 2 is 1.72 bits per heavy atom. The van der Waals surface area contributed by atoms with Crippen molar-refractivity contribution < 1.29 is 29.0 Å². The summed E-state index contributed by atoms with van der Waals surface area (Å²) >= 11 is 0. The average Bonchev–Trinajstić information content (AvgIpc) is 2.57. The lowest BCUT2D eigenvalue weighted by Gasteiger charge is -2.27. The molecule has 0 aliphatic carbocycles. The number of rotatable bonds is 9. The molecule has 0 spiro atoms. The number of carbonyl (C=O) groups excluding carboxylic acids is 2. The standard InChI is InChI=1S/C19H26O6/c1-5-13(12-19(2,3)18(23)24-4)14-6-8-15(9-7-14)25-17(22)11-10-16(20)21/h6-9,13H,5,10-12H2,1-4H3,(H,20,21). The van der Waals surface area contributed by atoms with Gasteiger partial charge in [-0.3, -0.25) is 14.4 Å². The van der Waals surface area contributed by atoms with Gasteiger partial charge in [-0.1, -0.05) is 19.1 Å². The van der Waals surface area contributed by atoms with Crippen LogP contribution in [0.25, 0.3) is 0 Å². The van der Waals surface area contributed by atoms with Crippen LogP contribution in [-0.2, 0) is 19.1 Å². The van der Waals surface area contributed by atoms with Gasteiger partial charge in [0.1, 0.15) is 5.75 Å². The molecule has 6 nitrogen and oxygen atoms in total. The second-order valence-corrected chi connectivity index (χ2v) is 6.62. The van der Waals surface area contributed by atoms with Crippen LogP contribution >= 0.6 is 0 Å². The number of aliphatic carboxylic acids is 1. The molecule has 1 atom stereocenters. The number of hydrogen-bond acceptors (Lipinski definition) is 5. The molecule has 138 valence electrons. The van der Waals surface area contributed by atoms with Gasteiger partial charge in [0.2, 0.25) is 0 Å². The van der Waals surface area contributed by atoms with Crippen molar-refractivity contribution in [1.82, 2.24) is 0 Å². The Morgan fingerprint density at radius 1 is 1.12 bits per heavy atom. The van der Waals surface area contributed by atoms with Crippen LogP contribution < -0.4 is 4.74 Å². The summed E-state index contributed by atoms with van der Waals surface area (Å²) in [5.41, 5.74) is 0.460. The van der Waals surface area contributed by atoms with Gasteiger partial charge in [-0.15, -0.1) is 0 Å². The molecule has 0 aliphatic heterocycles. The number of carbonyl (C=O) groups is 3. The van der Waals surface area contributed by atoms with Crippen molar-refractivity contribution in [2.75, 3.05) is 7.11 Å². The minimum atomic E-state index is -1.04. The summed E-state index contributed by atoms with van der Waals surface area (Å²) < 4.78 is 9.97. The van der Waals surface area contributed by atoms with Gasteiger partial charge in [0.05, 0.1) is 25.4 Å². The molecule has 1 rings (SSSR count). The zero-order valence-corrected chi connectivity index (χ0v) is 15.2. The molecule has 0 amide bonds. The molecule has 0 aliphatic rings. The SMILES string of the molecule is CCC(CC(C)(C)C(=O)OC)c1ccc(OC(=O)CCC(=O)O)cc1. The Morgan fingerprint density at radius 3 is 2.20 bits per heavy atom. The smallest absolute Gasteiger partial charge is 0.311 e. The van der Waals surface area contributed by atoms with E-state index < -0.39 is 17.4 Å². The molecule has 0 saturated carbocycles. The van der Waals surface area contributed by atoms with Crippen molar-refractivity contribution in [3.05, 3.63) is 29.8 Å². The summed E-state index contributed by atoms with van der Waals surface area (Å²) in [5.74, 6) is -1.30. The second-order valence-electron chi connectivity index (χ2n) is 6.62. The molecule has 0 radical (unpaired) electrons. The first-order chi connectivity index (χ1) is 11.7. The summed E-state index contributed by atoms with van der Waals surface area (Å²) in [6.07, 6.45) is 1.09. The third kappa shape index (κ3) is 6.57. The number of carboxylic acid groups (broad SMARTS) is 1. The van der Waals surface area contributed by atoms with E-state index in [1.54, 1.807) is 12.1 Å². The highest BCUT2D eigenvalue weighted by Gasteiger charge is 2.31. The number of esters is 2. The third-order valence-electron chi connectivity index (χ3n) is 4.11. The number of carboxylic acids is 1. The van der Waals surface area contributed by atoms with E-state index in [-0.39, 0.29) is 24.7 Å². The van der Waals surface area contributed by atoms with Gasteiger partial charge < -0.3 is 14.6 Å². The fraction of sp³-hybridized carbons (Fsp3) is 0.526. The molecule has 0 saturated heterocycles. The topological polar surface area (TPSA) is 89.9 Å². The number of hydrogen-bond donors (Lipinski definition) is 1. The van der Waals surface area contributed by atoms with Crippen molar-refractivity contribution in [2.45, 2.75) is 52.4 Å². The quantitative estimate of drug-likeness (QED) is 0.541. The maximum atomic E-state index is 11.9. The van der Waals surface area contributed by atoms with Crippen molar-refractivity contribution in [3.8, 4) is 5.75 Å². The fourth-order valence-electron chi connectivity index (χ4n) is 2.67. The molecular formula is C19H26O6. The van der Waals surface area contributed by atoms with Crippen molar-refractivity contribution >= 4 is 17.9 Å². The minimum Gasteiger partial charge on any atom is -0.481 e. The predicted molar refractivity (Wildman–Crippen MR) is 92.4 cm³/mol. The summed E-state index contributed by atoms with van der Waals surface area (Å²) in [5, 5.41) is 8.56. The van der Waals surface area contributed by atoms with E-state index in [4.69, 9.17) is 14.6 Å². The lowest BCUT2D eigenvalue weighted by Crippen LogP contribution is -2.27. The zero-order valence-electron chi connectivity index (χ0n) is 15.2. The zero-order chi connectivity index (χ0) is 19.0. The summed E-state index contributed by atoms with van der Waals surface area (Å²) in [6.45, 7) is 5.78. The molecular weight excluding hydrogens is 324 g/mol. The Bertz CT molecular complexity index is 603. The van der Waals surface area contributed by atoms with Crippen molar-refractivity contribution in [3.63, 3.8) is 0 Å². The third-order valence-corrected chi connectivity index (χ3v) is 4.11. The van der Waals surface area contributed by atoms with Gasteiger partial charge in [0, 0.05) is 0 Å². The Hall–Kier alpha value is -2.37. The Balaban J connectivity index is 2.74. The Labute approximate surface area is 148 Å². The molecule has 0 heterocycles. The van der Waals surface area contributed by atoms with Gasteiger partial charge in [0.25, 0.3) is 0 Å². The molecule has 1 aromatic carbocycles. The molecule has 6 heteroatoms. The minimum absolute atomic E-state index is 0.165. The maximum absolute atomic E-state index is 11.9. The van der Waals surface area contributed by atoms with Crippen LogP contribution in [0.1, 0.15) is 57.9 Å². The van der Waals surface area contributed by atoms with Crippen molar-refractivity contribution in [2.24, 2.45) is 5.41 Å². The van der Waals surface area contributed by atoms with Gasteiger partial charge in [-0.2, -0.15) is 0 Å². The van der Waals surface area contributed by atoms with E-state index in [0.29, 0.717) is 12.2 Å². The lowest BCUT2D eigenvalue weighted by atomic mass is 9.79. The summed E-state index contributed by atoms with van der Waals surface area (Å²) in [4.78, 5) is 33.9. The van der Waals surface area contributed by atoms with Crippen LogP contribution in [0.4, 0.5) is 0 Å². The summed E-state index contributed by atoms with van der Waals surface area (Å²) in [6, 6.07) is 7.09. The van der Waals surface area contributed by atoms with Crippen molar-refractivity contribution in [1.29, 1.82) is 0 Å². The first-order valence-electron chi connectivity index (χ1n) is 8.30. The highest BCUT2D eigenvalue weighted by molar-refractivity contribution is 5.78. The van der Waals surface area contributed by atoms with Crippen LogP contribution in [-0.4, -0.2) is 30.1 Å². The highest BCUT2D eigenvalue weighted by atomic mass is 16.5. The molecule has 1 unspecified atom stereocenters. The lowest BCUT2D eigenvalue weighted by molar-refractivity contribution is -0.151. The van der Waals surface area contributed by atoms with E-state index in [2.05, 4.69) is 6.92 Å². The normalized spacial score (nSPS) is 12.3. The second kappa shape index (κ2) is 9.20. The Kier molecular flexibility index (Phi) is 7.61. The number of methoxy groups -OCH3 is 1. The molecule has 1 N–H and O–H groups in total. The fourth-order valence-corrected chi connectivity index (χ4v) is 2.67. The average molecular weight is 350 g/mol. The molecule has 25 heavy (non-hydrogen) atoms. The van der Waals surface area contributed by atoms with Gasteiger partial charge in [-0.25, -0.2) is 0 Å². The van der Waals surface area contributed by atoms with Gasteiger partial charge in [0.15, 0.2) is 0 Å². The monoisotopic (exact) mass is 350 g/mol. The highest BCUT2D eigenvalue weighted by Crippen LogP contribution is 2.35. The molecule has 0 aromatic heterocycles.